The van der Waals surface area contributed by atoms with Gasteiger partial charge in [0.1, 0.15) is 17.9 Å². The van der Waals surface area contributed by atoms with Gasteiger partial charge in [0.25, 0.3) is 0 Å². The number of rotatable bonds is 16. The number of ketones is 2. The lowest BCUT2D eigenvalue weighted by Gasteiger charge is -2.30. The van der Waals surface area contributed by atoms with Gasteiger partial charge in [-0.3, -0.25) is 9.59 Å². The molecule has 0 bridgehead atoms. The maximum Gasteiger partial charge on any atom is 0.228 e. The highest BCUT2D eigenvalue weighted by Gasteiger charge is 2.46. The predicted octanol–water partition coefficient (Wildman–Crippen LogP) is 9.14. The number of ether oxygens (including phenoxy) is 2. The standard InChI is InChI=1S/C36H48O4P/c1-6-21-29(7-2)41(30-22-15-13-16-23-30,31-24-17-14-18-25-31)27-20-12-10-8-9-11-19-26-32-28(3)33(37)35(39-4)36(40-5)34(32)38/h6-7,13,15-17,21-25H,8-12,14,18-20,26-27H2,1-5H3/q+1/b21-6-,29-7+. The van der Waals surface area contributed by atoms with Crippen LogP contribution < -0.4 is 5.30 Å². The van der Waals surface area contributed by atoms with E-state index in [0.717, 1.165) is 32.1 Å². The van der Waals surface area contributed by atoms with Crippen LogP contribution >= 0.6 is 7.26 Å². The minimum Gasteiger partial charge on any atom is -0.489 e. The van der Waals surface area contributed by atoms with Crippen LogP contribution in [0.1, 0.15) is 85.0 Å². The van der Waals surface area contributed by atoms with E-state index in [1.54, 1.807) is 6.92 Å². The van der Waals surface area contributed by atoms with Gasteiger partial charge in [0, 0.05) is 11.1 Å². The molecule has 1 atom stereocenters. The molecule has 0 saturated heterocycles. The first-order chi connectivity index (χ1) is 20.0. The summed E-state index contributed by atoms with van der Waals surface area (Å²) in [6, 6.07) is 11.2. The summed E-state index contributed by atoms with van der Waals surface area (Å²) in [5, 5.41) is 4.49. The number of carbonyl (C=O) groups is 2. The highest BCUT2D eigenvalue weighted by Crippen LogP contribution is 2.72. The van der Waals surface area contributed by atoms with Gasteiger partial charge in [-0.2, -0.15) is 0 Å². The van der Waals surface area contributed by atoms with Gasteiger partial charge >= 0.3 is 0 Å². The van der Waals surface area contributed by atoms with Crippen molar-refractivity contribution >= 4 is 24.1 Å². The van der Waals surface area contributed by atoms with Gasteiger partial charge in [-0.25, -0.2) is 0 Å². The molecule has 5 heteroatoms. The van der Waals surface area contributed by atoms with E-state index in [4.69, 9.17) is 9.47 Å². The van der Waals surface area contributed by atoms with E-state index in [9.17, 15) is 9.59 Å². The zero-order valence-electron chi connectivity index (χ0n) is 25.7. The number of hydrogen-bond acceptors (Lipinski definition) is 4. The van der Waals surface area contributed by atoms with Crippen LogP contribution in [0.2, 0.25) is 0 Å². The maximum atomic E-state index is 12.8. The molecule has 1 aromatic rings. The molecule has 1 unspecified atom stereocenters. The normalized spacial score (nSPS) is 17.8. The first-order valence-corrected chi connectivity index (χ1v) is 17.2. The average Bonchev–Trinajstić information content (AvgIpc) is 3.01. The third-order valence-electron chi connectivity index (χ3n) is 8.20. The van der Waals surface area contributed by atoms with Crippen molar-refractivity contribution < 1.29 is 19.1 Å². The fourth-order valence-corrected chi connectivity index (χ4v) is 10.7. The Morgan fingerprint density at radius 3 is 2.07 bits per heavy atom. The Morgan fingerprint density at radius 2 is 1.49 bits per heavy atom. The van der Waals surface area contributed by atoms with Crippen LogP contribution in [0.5, 0.6) is 0 Å². The molecule has 0 fully saturated rings. The molecule has 2 aliphatic rings. The van der Waals surface area contributed by atoms with Crippen molar-refractivity contribution in [2.45, 2.75) is 85.0 Å². The lowest BCUT2D eigenvalue weighted by molar-refractivity contribution is -0.121. The van der Waals surface area contributed by atoms with E-state index in [1.165, 1.54) is 62.0 Å². The van der Waals surface area contributed by atoms with Crippen molar-refractivity contribution in [2.24, 2.45) is 0 Å². The molecule has 0 heterocycles. The minimum absolute atomic E-state index is 0.0144. The lowest BCUT2D eigenvalue weighted by Crippen LogP contribution is -2.25. The topological polar surface area (TPSA) is 52.6 Å². The van der Waals surface area contributed by atoms with Crippen LogP contribution in [0, 0.1) is 0 Å². The third-order valence-corrected chi connectivity index (χ3v) is 12.9. The van der Waals surface area contributed by atoms with Gasteiger partial charge in [-0.05, 0) is 95.7 Å². The minimum atomic E-state index is -1.70. The zero-order chi connectivity index (χ0) is 29.7. The van der Waals surface area contributed by atoms with E-state index in [1.807, 2.05) is 0 Å². The number of allylic oxidation sites excluding steroid dienone is 10. The molecule has 220 valence electrons. The van der Waals surface area contributed by atoms with E-state index in [2.05, 4.69) is 80.6 Å². The van der Waals surface area contributed by atoms with Gasteiger partial charge in [0.05, 0.1) is 25.7 Å². The molecular formula is C36H48O4P+. The van der Waals surface area contributed by atoms with E-state index < -0.39 is 7.26 Å². The van der Waals surface area contributed by atoms with Crippen LogP contribution in [0.15, 0.2) is 100 Å². The summed E-state index contributed by atoms with van der Waals surface area (Å²) >= 11 is 0. The number of benzene rings is 1. The number of carbonyl (C=O) groups excluding carboxylic acids is 2. The first-order valence-electron chi connectivity index (χ1n) is 15.2. The van der Waals surface area contributed by atoms with Crippen LogP contribution in [0.4, 0.5) is 0 Å². The highest BCUT2D eigenvalue weighted by atomic mass is 31.2. The Morgan fingerprint density at radius 1 is 0.854 bits per heavy atom. The molecule has 0 aromatic heterocycles. The van der Waals surface area contributed by atoms with E-state index >= 15 is 0 Å². The molecule has 0 radical (unpaired) electrons. The summed E-state index contributed by atoms with van der Waals surface area (Å²) in [6.07, 6.45) is 26.1. The van der Waals surface area contributed by atoms with E-state index in [0.29, 0.717) is 17.6 Å². The van der Waals surface area contributed by atoms with Gasteiger partial charge in [-0.15, -0.1) is 0 Å². The van der Waals surface area contributed by atoms with E-state index in [-0.39, 0.29) is 23.1 Å². The molecule has 41 heavy (non-hydrogen) atoms. The summed E-state index contributed by atoms with van der Waals surface area (Å²) in [4.78, 5) is 25.4. The Hall–Kier alpha value is -2.97. The molecule has 0 N–H and O–H groups in total. The summed E-state index contributed by atoms with van der Waals surface area (Å²) in [5.74, 6) is -0.417. The quantitative estimate of drug-likeness (QED) is 0.0854. The van der Waals surface area contributed by atoms with Crippen molar-refractivity contribution in [3.05, 3.63) is 100 Å². The molecule has 0 aliphatic heterocycles. The number of hydrogen-bond donors (Lipinski definition) is 0. The summed E-state index contributed by atoms with van der Waals surface area (Å²) in [7, 11) is 1.10. The second kappa shape index (κ2) is 16.5. The first kappa shape index (κ1) is 32.5. The molecule has 1 aromatic carbocycles. The average molecular weight is 576 g/mol. The second-order valence-electron chi connectivity index (χ2n) is 10.7. The number of Topliss-reactive ketones (excluding diaryl/α,β-unsaturated/α-hetero) is 2. The monoisotopic (exact) mass is 575 g/mol. The van der Waals surface area contributed by atoms with Crippen molar-refractivity contribution in [1.29, 1.82) is 0 Å². The van der Waals surface area contributed by atoms with Gasteiger partial charge in [0.2, 0.25) is 23.1 Å². The smallest absolute Gasteiger partial charge is 0.228 e. The zero-order valence-corrected chi connectivity index (χ0v) is 26.6. The van der Waals surface area contributed by atoms with Gasteiger partial charge in [-0.1, -0.05) is 56.0 Å². The lowest BCUT2D eigenvalue weighted by atomic mass is 9.89. The van der Waals surface area contributed by atoms with Crippen molar-refractivity contribution in [2.75, 3.05) is 20.4 Å². The fraction of sp³-hybridized carbons (Fsp3) is 0.444. The highest BCUT2D eigenvalue weighted by molar-refractivity contribution is 7.90. The maximum absolute atomic E-state index is 12.8. The van der Waals surface area contributed by atoms with Crippen LogP contribution in [-0.2, 0) is 19.1 Å². The Labute approximate surface area is 248 Å². The van der Waals surface area contributed by atoms with Crippen molar-refractivity contribution in [1.82, 2.24) is 0 Å². The SMILES string of the molecule is C/C=C\C(=C/C)[P+](CCCCCCCCCC1=C(C)C(=O)C(OC)=C(OC)C1=O)(C1=CCCC=C1)c1ccccc1. The summed E-state index contributed by atoms with van der Waals surface area (Å²) < 4.78 is 10.3. The third kappa shape index (κ3) is 7.66. The molecule has 3 rings (SSSR count). The van der Waals surface area contributed by atoms with Crippen molar-refractivity contribution in [3.63, 3.8) is 0 Å². The largest absolute Gasteiger partial charge is 0.489 e. The fourth-order valence-electron chi connectivity index (χ4n) is 6.04. The van der Waals surface area contributed by atoms with Crippen molar-refractivity contribution in [3.8, 4) is 0 Å². The second-order valence-corrected chi connectivity index (χ2v) is 14.4. The van der Waals surface area contributed by atoms with Crippen LogP contribution in [0.25, 0.3) is 0 Å². The van der Waals surface area contributed by atoms with Gasteiger partial charge in [0.15, 0.2) is 0 Å². The molecule has 4 nitrogen and oxygen atoms in total. The molecule has 0 saturated carbocycles. The Bertz CT molecular complexity index is 1240. The summed E-state index contributed by atoms with van der Waals surface area (Å²) in [5.41, 5.74) is 1.06. The molecule has 2 aliphatic carbocycles. The number of unbranched alkanes of at least 4 members (excludes halogenated alkanes) is 6. The summed E-state index contributed by atoms with van der Waals surface area (Å²) in [6.45, 7) is 6.03. The van der Waals surface area contributed by atoms with Crippen LogP contribution in [-0.4, -0.2) is 31.9 Å². The molecule has 0 spiro atoms. The van der Waals surface area contributed by atoms with Crippen LogP contribution in [0.3, 0.4) is 0 Å². The Balaban J connectivity index is 1.55. The van der Waals surface area contributed by atoms with Gasteiger partial charge < -0.3 is 9.47 Å². The number of methoxy groups -OCH3 is 2. The molecular weight excluding hydrogens is 527 g/mol. The Kier molecular flexibility index (Phi) is 13.1. The molecule has 0 amide bonds. The predicted molar refractivity (Wildman–Crippen MR) is 174 cm³/mol.